The van der Waals surface area contributed by atoms with Crippen LogP contribution in [0, 0.1) is 0 Å². The van der Waals surface area contributed by atoms with E-state index in [0.717, 1.165) is 11.3 Å². The first kappa shape index (κ1) is 18.5. The standard InChI is InChI=1S/C20H21N3O4S/c1-22(17-8-10-28(25,26)14-17)20(24)15-5-4-6-18(11-15)27-13-16-12-23-9-3-2-7-19(23)21-16/h2-7,9,11-12,17H,8,10,13-14H2,1H3. The van der Waals surface area contributed by atoms with Gasteiger partial charge in [0.15, 0.2) is 9.84 Å². The summed E-state index contributed by atoms with van der Waals surface area (Å²) in [7, 11) is -1.39. The molecule has 1 saturated heterocycles. The number of ether oxygens (including phenoxy) is 1. The molecule has 0 radical (unpaired) electrons. The Balaban J connectivity index is 1.44. The molecule has 8 heteroatoms. The van der Waals surface area contributed by atoms with Crippen LogP contribution in [0.5, 0.6) is 5.75 Å². The minimum atomic E-state index is -3.04. The largest absolute Gasteiger partial charge is 0.487 e. The number of imidazole rings is 1. The van der Waals surface area contributed by atoms with E-state index < -0.39 is 9.84 Å². The van der Waals surface area contributed by atoms with Crippen LogP contribution in [0.3, 0.4) is 0 Å². The van der Waals surface area contributed by atoms with E-state index >= 15 is 0 Å². The number of pyridine rings is 1. The van der Waals surface area contributed by atoms with Crippen LogP contribution in [0.1, 0.15) is 22.5 Å². The number of hydrogen-bond acceptors (Lipinski definition) is 5. The summed E-state index contributed by atoms with van der Waals surface area (Å²) >= 11 is 0. The first-order chi connectivity index (χ1) is 13.4. The highest BCUT2D eigenvalue weighted by molar-refractivity contribution is 7.91. The molecule has 0 saturated carbocycles. The zero-order valence-electron chi connectivity index (χ0n) is 15.5. The fourth-order valence-corrected chi connectivity index (χ4v) is 5.16. The van der Waals surface area contributed by atoms with E-state index in [1.54, 1.807) is 31.3 Å². The third kappa shape index (κ3) is 3.87. The van der Waals surface area contributed by atoms with E-state index in [2.05, 4.69) is 4.98 Å². The van der Waals surface area contributed by atoms with Gasteiger partial charge in [0.25, 0.3) is 5.91 Å². The maximum Gasteiger partial charge on any atom is 0.254 e. The lowest BCUT2D eigenvalue weighted by atomic mass is 10.1. The van der Waals surface area contributed by atoms with Crippen molar-refractivity contribution >= 4 is 21.4 Å². The molecule has 0 aliphatic carbocycles. The van der Waals surface area contributed by atoms with Crippen molar-refractivity contribution in [3.63, 3.8) is 0 Å². The molecule has 1 aromatic carbocycles. The van der Waals surface area contributed by atoms with Gasteiger partial charge in [0, 0.05) is 31.0 Å². The number of carbonyl (C=O) groups is 1. The highest BCUT2D eigenvalue weighted by Crippen LogP contribution is 2.21. The van der Waals surface area contributed by atoms with Crippen molar-refractivity contribution < 1.29 is 17.9 Å². The zero-order valence-corrected chi connectivity index (χ0v) is 16.3. The van der Waals surface area contributed by atoms with Gasteiger partial charge in [0.2, 0.25) is 0 Å². The van der Waals surface area contributed by atoms with Crippen molar-refractivity contribution in [1.29, 1.82) is 0 Å². The Labute approximate surface area is 163 Å². The number of carbonyl (C=O) groups excluding carboxylic acids is 1. The first-order valence-corrected chi connectivity index (χ1v) is 10.9. The van der Waals surface area contributed by atoms with Gasteiger partial charge in [0.1, 0.15) is 18.0 Å². The molecule has 4 rings (SSSR count). The van der Waals surface area contributed by atoms with Gasteiger partial charge in [-0.05, 0) is 36.8 Å². The van der Waals surface area contributed by atoms with Crippen molar-refractivity contribution in [3.8, 4) is 5.75 Å². The zero-order chi connectivity index (χ0) is 19.7. The third-order valence-corrected chi connectivity index (χ3v) is 6.71. The molecule has 3 aromatic rings. The summed E-state index contributed by atoms with van der Waals surface area (Å²) < 4.78 is 31.1. The van der Waals surface area contributed by atoms with E-state index in [9.17, 15) is 13.2 Å². The van der Waals surface area contributed by atoms with E-state index in [4.69, 9.17) is 4.74 Å². The average molecular weight is 399 g/mol. The quantitative estimate of drug-likeness (QED) is 0.657. The van der Waals surface area contributed by atoms with Crippen molar-refractivity contribution in [2.75, 3.05) is 18.6 Å². The Morgan fingerprint density at radius 2 is 2.14 bits per heavy atom. The second-order valence-corrected chi connectivity index (χ2v) is 9.22. The second-order valence-electron chi connectivity index (χ2n) is 6.99. The highest BCUT2D eigenvalue weighted by atomic mass is 32.2. The van der Waals surface area contributed by atoms with Crippen LogP contribution in [-0.4, -0.2) is 53.2 Å². The molecule has 1 amide bonds. The minimum absolute atomic E-state index is 0.0271. The topological polar surface area (TPSA) is 81.0 Å². The summed E-state index contributed by atoms with van der Waals surface area (Å²) in [4.78, 5) is 18.8. The van der Waals surface area contributed by atoms with Gasteiger partial charge < -0.3 is 14.0 Å². The molecule has 28 heavy (non-hydrogen) atoms. The van der Waals surface area contributed by atoms with E-state index in [1.807, 2.05) is 35.0 Å². The van der Waals surface area contributed by atoms with Gasteiger partial charge in [-0.15, -0.1) is 0 Å². The Bertz CT molecular complexity index is 1090. The molecule has 7 nitrogen and oxygen atoms in total. The van der Waals surface area contributed by atoms with Crippen molar-refractivity contribution in [3.05, 3.63) is 66.1 Å². The smallest absolute Gasteiger partial charge is 0.254 e. The van der Waals surface area contributed by atoms with E-state index in [0.29, 0.717) is 17.7 Å². The fourth-order valence-electron chi connectivity index (χ4n) is 3.38. The molecule has 0 bridgehead atoms. The number of hydrogen-bond donors (Lipinski definition) is 0. The molecule has 146 valence electrons. The van der Waals surface area contributed by atoms with Crippen molar-refractivity contribution in [2.45, 2.75) is 19.1 Å². The summed E-state index contributed by atoms with van der Waals surface area (Å²) in [5.74, 6) is 0.521. The molecule has 1 fully saturated rings. The predicted octanol–water partition coefficient (Wildman–Crippen LogP) is 2.17. The van der Waals surface area contributed by atoms with Crippen LogP contribution >= 0.6 is 0 Å². The fraction of sp³-hybridized carbons (Fsp3) is 0.300. The molecule has 1 aliphatic rings. The molecule has 2 aromatic heterocycles. The summed E-state index contributed by atoms with van der Waals surface area (Å²) in [5, 5.41) is 0. The summed E-state index contributed by atoms with van der Waals surface area (Å²) in [6, 6.07) is 12.4. The molecular weight excluding hydrogens is 378 g/mol. The van der Waals surface area contributed by atoms with E-state index in [1.165, 1.54) is 4.90 Å². The molecule has 1 atom stereocenters. The summed E-state index contributed by atoms with van der Waals surface area (Å²) in [6.07, 6.45) is 4.30. The van der Waals surface area contributed by atoms with Crippen LogP contribution in [0.15, 0.2) is 54.9 Å². The first-order valence-electron chi connectivity index (χ1n) is 9.04. The Kier molecular flexibility index (Phi) is 4.80. The number of sulfone groups is 1. The van der Waals surface area contributed by atoms with Crippen molar-refractivity contribution in [2.24, 2.45) is 0 Å². The van der Waals surface area contributed by atoms with Crippen LogP contribution < -0.4 is 4.74 Å². The summed E-state index contributed by atoms with van der Waals surface area (Å²) in [6.45, 7) is 0.288. The Hall–Kier alpha value is -2.87. The van der Waals surface area contributed by atoms with Crippen LogP contribution in [-0.2, 0) is 16.4 Å². The predicted molar refractivity (Wildman–Crippen MR) is 105 cm³/mol. The molecular formula is C20H21N3O4S. The van der Waals surface area contributed by atoms with Gasteiger partial charge in [-0.1, -0.05) is 12.1 Å². The molecule has 1 aliphatic heterocycles. The number of fused-ring (bicyclic) bond motifs is 1. The lowest BCUT2D eigenvalue weighted by Crippen LogP contribution is -2.37. The lowest BCUT2D eigenvalue weighted by Gasteiger charge is -2.23. The third-order valence-electron chi connectivity index (χ3n) is 4.96. The van der Waals surface area contributed by atoms with Crippen LogP contribution in [0.2, 0.25) is 0 Å². The minimum Gasteiger partial charge on any atom is -0.487 e. The van der Waals surface area contributed by atoms with Gasteiger partial charge in [0.05, 0.1) is 17.2 Å². The number of rotatable bonds is 5. The normalized spacial score (nSPS) is 18.2. The monoisotopic (exact) mass is 399 g/mol. The SMILES string of the molecule is CN(C(=O)c1cccc(OCc2cn3ccccc3n2)c1)C1CCS(=O)(=O)C1. The second kappa shape index (κ2) is 7.27. The number of nitrogens with zero attached hydrogens (tertiary/aromatic N) is 3. The van der Waals surface area contributed by atoms with Crippen molar-refractivity contribution in [1.82, 2.24) is 14.3 Å². The highest BCUT2D eigenvalue weighted by Gasteiger charge is 2.33. The van der Waals surface area contributed by atoms with Gasteiger partial charge in [-0.25, -0.2) is 13.4 Å². The number of benzene rings is 1. The molecule has 1 unspecified atom stereocenters. The van der Waals surface area contributed by atoms with Gasteiger partial charge in [-0.2, -0.15) is 0 Å². The number of amides is 1. The summed E-state index contributed by atoms with van der Waals surface area (Å²) in [5.41, 5.74) is 2.11. The molecule has 3 heterocycles. The number of aromatic nitrogens is 2. The maximum atomic E-state index is 12.7. The Morgan fingerprint density at radius 1 is 1.29 bits per heavy atom. The molecule has 0 spiro atoms. The molecule has 0 N–H and O–H groups in total. The van der Waals surface area contributed by atoms with Gasteiger partial charge >= 0.3 is 0 Å². The average Bonchev–Trinajstić information content (AvgIpc) is 3.27. The van der Waals surface area contributed by atoms with E-state index in [-0.39, 0.29) is 30.1 Å². The van der Waals surface area contributed by atoms with Gasteiger partial charge in [-0.3, -0.25) is 4.79 Å². The lowest BCUT2D eigenvalue weighted by molar-refractivity contribution is 0.0747. The maximum absolute atomic E-state index is 12.7. The Morgan fingerprint density at radius 3 is 2.89 bits per heavy atom. The van der Waals surface area contributed by atoms with Crippen LogP contribution in [0.4, 0.5) is 0 Å². The van der Waals surface area contributed by atoms with Crippen LogP contribution in [0.25, 0.3) is 5.65 Å².